The molecule has 39 heavy (non-hydrogen) atoms. The highest BCUT2D eigenvalue weighted by atomic mass is 19.4. The number of benzene rings is 2. The maximum absolute atomic E-state index is 13.5. The van der Waals surface area contributed by atoms with Gasteiger partial charge in [-0.2, -0.15) is 13.2 Å². The van der Waals surface area contributed by atoms with E-state index in [2.05, 4.69) is 5.32 Å². The molecule has 1 aliphatic heterocycles. The molecule has 0 saturated carbocycles. The first-order valence-corrected chi connectivity index (χ1v) is 12.7. The third-order valence-corrected chi connectivity index (χ3v) is 6.93. The van der Waals surface area contributed by atoms with E-state index < -0.39 is 23.6 Å². The van der Waals surface area contributed by atoms with Gasteiger partial charge >= 0.3 is 12.1 Å². The minimum atomic E-state index is -4.49. The number of Topliss-reactive ketones (excluding diaryl/α,β-unsaturated/α-hetero) is 1. The second kappa shape index (κ2) is 10.8. The molecular formula is C30H32F3NO5. The van der Waals surface area contributed by atoms with Crippen LogP contribution in [0, 0.1) is 5.41 Å². The van der Waals surface area contributed by atoms with Gasteiger partial charge in [0.15, 0.2) is 5.78 Å². The Kier molecular flexibility index (Phi) is 7.82. The number of hydrogen-bond acceptors (Lipinski definition) is 6. The molecule has 1 aliphatic carbocycles. The molecule has 0 aromatic heterocycles. The average molecular weight is 544 g/mol. The van der Waals surface area contributed by atoms with Gasteiger partial charge in [-0.15, -0.1) is 0 Å². The maximum Gasteiger partial charge on any atom is 0.416 e. The fraction of sp³-hybridized carbons (Fsp3) is 0.400. The van der Waals surface area contributed by atoms with Crippen LogP contribution in [0.15, 0.2) is 65.0 Å². The average Bonchev–Trinajstić information content (AvgIpc) is 2.85. The van der Waals surface area contributed by atoms with E-state index >= 15 is 0 Å². The summed E-state index contributed by atoms with van der Waals surface area (Å²) in [6, 6.07) is 9.91. The molecule has 0 bridgehead atoms. The van der Waals surface area contributed by atoms with Crippen LogP contribution in [-0.2, 0) is 27.1 Å². The van der Waals surface area contributed by atoms with E-state index in [1.165, 1.54) is 19.2 Å². The van der Waals surface area contributed by atoms with Crippen LogP contribution in [0.25, 0.3) is 0 Å². The fourth-order valence-corrected chi connectivity index (χ4v) is 5.26. The van der Waals surface area contributed by atoms with E-state index in [0.29, 0.717) is 46.6 Å². The molecule has 208 valence electrons. The van der Waals surface area contributed by atoms with Crippen molar-refractivity contribution in [1.82, 2.24) is 5.32 Å². The highest BCUT2D eigenvalue weighted by molar-refractivity contribution is 6.04. The van der Waals surface area contributed by atoms with Crippen LogP contribution in [0.2, 0.25) is 0 Å². The molecule has 1 heterocycles. The Morgan fingerprint density at radius 1 is 1.13 bits per heavy atom. The van der Waals surface area contributed by atoms with Crippen LogP contribution in [-0.4, -0.2) is 25.5 Å². The molecule has 1 N–H and O–H groups in total. The van der Waals surface area contributed by atoms with E-state index in [9.17, 15) is 22.8 Å². The molecule has 0 unspecified atom stereocenters. The molecule has 4 rings (SSSR count). The van der Waals surface area contributed by atoms with Gasteiger partial charge in [-0.3, -0.25) is 4.79 Å². The number of dihydropyridines is 1. The van der Waals surface area contributed by atoms with Gasteiger partial charge in [0.2, 0.25) is 0 Å². The molecule has 2 aromatic carbocycles. The van der Waals surface area contributed by atoms with Gasteiger partial charge in [0.1, 0.15) is 18.1 Å². The van der Waals surface area contributed by atoms with Crippen molar-refractivity contribution in [3.8, 4) is 11.5 Å². The minimum absolute atomic E-state index is 0.0503. The predicted octanol–water partition coefficient (Wildman–Crippen LogP) is 6.46. The van der Waals surface area contributed by atoms with Gasteiger partial charge in [0, 0.05) is 34.9 Å². The van der Waals surface area contributed by atoms with Gasteiger partial charge in [0.25, 0.3) is 0 Å². The smallest absolute Gasteiger partial charge is 0.416 e. The van der Waals surface area contributed by atoms with Gasteiger partial charge in [-0.05, 0) is 61.6 Å². The number of carbonyl (C=O) groups excluding carboxylic acids is 2. The van der Waals surface area contributed by atoms with Gasteiger partial charge < -0.3 is 19.5 Å². The van der Waals surface area contributed by atoms with Crippen LogP contribution in [0.3, 0.4) is 0 Å². The number of rotatable bonds is 7. The van der Waals surface area contributed by atoms with Crippen molar-refractivity contribution in [2.24, 2.45) is 5.41 Å². The zero-order valence-corrected chi connectivity index (χ0v) is 22.6. The molecule has 0 fully saturated rings. The van der Waals surface area contributed by atoms with Crippen LogP contribution in [0.5, 0.6) is 11.5 Å². The first-order chi connectivity index (χ1) is 18.3. The van der Waals surface area contributed by atoms with Crippen molar-refractivity contribution < 1.29 is 37.0 Å². The molecule has 2 aliphatic rings. The Bertz CT molecular complexity index is 1360. The molecule has 0 saturated heterocycles. The normalized spacial score (nSPS) is 18.9. The molecule has 9 heteroatoms. The van der Waals surface area contributed by atoms with Crippen LogP contribution in [0.4, 0.5) is 13.2 Å². The topological polar surface area (TPSA) is 73.9 Å². The molecule has 2 aromatic rings. The molecule has 0 spiro atoms. The summed E-state index contributed by atoms with van der Waals surface area (Å²) in [6.45, 7) is 7.65. The van der Waals surface area contributed by atoms with E-state index in [0.717, 1.165) is 17.8 Å². The lowest BCUT2D eigenvalue weighted by Crippen LogP contribution is -2.38. The largest absolute Gasteiger partial charge is 0.496 e. The summed E-state index contributed by atoms with van der Waals surface area (Å²) < 4.78 is 56.1. The third kappa shape index (κ3) is 5.97. The number of alkyl halides is 3. The number of halogens is 3. The van der Waals surface area contributed by atoms with Gasteiger partial charge in [0.05, 0.1) is 24.9 Å². The van der Waals surface area contributed by atoms with E-state index in [4.69, 9.17) is 14.2 Å². The second-order valence-corrected chi connectivity index (χ2v) is 10.5. The van der Waals surface area contributed by atoms with Crippen LogP contribution in [0.1, 0.15) is 63.1 Å². The minimum Gasteiger partial charge on any atom is -0.496 e. The summed E-state index contributed by atoms with van der Waals surface area (Å²) in [5.41, 5.74) is 2.42. The quantitative estimate of drug-likeness (QED) is 0.404. The summed E-state index contributed by atoms with van der Waals surface area (Å²) in [5, 5.41) is 3.29. The number of esters is 1. The first-order valence-electron chi connectivity index (χ1n) is 12.7. The maximum atomic E-state index is 13.5. The van der Waals surface area contributed by atoms with Crippen molar-refractivity contribution in [3.63, 3.8) is 0 Å². The number of carbonyl (C=O) groups is 2. The molecule has 1 atom stereocenters. The number of methoxy groups -OCH3 is 1. The van der Waals surface area contributed by atoms with Crippen molar-refractivity contribution in [3.05, 3.63) is 81.7 Å². The second-order valence-electron chi connectivity index (χ2n) is 10.5. The SMILES string of the molecule is CCOC(=O)C1=C(C)NC2=C(C(=O)CC(C)(C)C2)[C@H]1c1ccc(OC)c(COc2cccc(C(F)(F)F)c2)c1. The number of ether oxygens (including phenoxy) is 3. The van der Waals surface area contributed by atoms with Gasteiger partial charge in [-0.1, -0.05) is 26.0 Å². The fourth-order valence-electron chi connectivity index (χ4n) is 5.26. The predicted molar refractivity (Wildman–Crippen MR) is 139 cm³/mol. The lowest BCUT2D eigenvalue weighted by Gasteiger charge is -2.39. The Balaban J connectivity index is 1.76. The number of hydrogen-bond donors (Lipinski definition) is 1. The Morgan fingerprint density at radius 3 is 2.54 bits per heavy atom. The lowest BCUT2D eigenvalue weighted by atomic mass is 9.68. The van der Waals surface area contributed by atoms with Gasteiger partial charge in [-0.25, -0.2) is 4.79 Å². The van der Waals surface area contributed by atoms with E-state index in [-0.39, 0.29) is 30.2 Å². The van der Waals surface area contributed by atoms with Crippen LogP contribution < -0.4 is 14.8 Å². The number of nitrogens with one attached hydrogen (secondary N) is 1. The summed E-state index contributed by atoms with van der Waals surface area (Å²) in [5.74, 6) is -0.734. The Hall–Kier alpha value is -3.75. The van der Waals surface area contributed by atoms with Crippen LogP contribution >= 0.6 is 0 Å². The molecular weight excluding hydrogens is 511 g/mol. The van der Waals surface area contributed by atoms with Crippen molar-refractivity contribution in [2.45, 2.75) is 59.2 Å². The zero-order valence-electron chi connectivity index (χ0n) is 22.6. The summed E-state index contributed by atoms with van der Waals surface area (Å²) in [6.07, 6.45) is -3.52. The summed E-state index contributed by atoms with van der Waals surface area (Å²) >= 11 is 0. The van der Waals surface area contributed by atoms with Crippen molar-refractivity contribution in [2.75, 3.05) is 13.7 Å². The Labute approximate surface area is 225 Å². The summed E-state index contributed by atoms with van der Waals surface area (Å²) in [4.78, 5) is 26.6. The molecule has 6 nitrogen and oxygen atoms in total. The van der Waals surface area contributed by atoms with Crippen molar-refractivity contribution >= 4 is 11.8 Å². The monoisotopic (exact) mass is 543 g/mol. The Morgan fingerprint density at radius 2 is 1.87 bits per heavy atom. The molecule has 0 radical (unpaired) electrons. The number of ketones is 1. The summed E-state index contributed by atoms with van der Waals surface area (Å²) in [7, 11) is 1.48. The lowest BCUT2D eigenvalue weighted by molar-refractivity contribution is -0.139. The first kappa shape index (κ1) is 28.3. The van der Waals surface area contributed by atoms with E-state index in [1.54, 1.807) is 32.0 Å². The third-order valence-electron chi connectivity index (χ3n) is 6.93. The molecule has 0 amide bonds. The van der Waals surface area contributed by atoms with E-state index in [1.807, 2.05) is 13.8 Å². The highest BCUT2D eigenvalue weighted by Gasteiger charge is 2.43. The zero-order chi connectivity index (χ0) is 28.5. The standard InChI is InChI=1S/C30H32F3NO5/c1-6-38-28(36)25-17(2)34-22-14-29(3,4)15-23(35)27(22)26(25)18-10-11-24(37-5)19(12-18)16-39-21-9-7-8-20(13-21)30(31,32)33/h7-13,26,34H,6,14-16H2,1-5H3/t26-/m0/s1. The van der Waals surface area contributed by atoms with Crippen molar-refractivity contribution in [1.29, 1.82) is 0 Å². The number of allylic oxidation sites excluding steroid dienone is 3. The highest BCUT2D eigenvalue weighted by Crippen LogP contribution is 2.47.